The van der Waals surface area contributed by atoms with Crippen LogP contribution in [0.4, 0.5) is 14.9 Å². The number of amides is 1. The molecular formula is C32H24ClFN2O5. The molecule has 6 rings (SSSR count). The monoisotopic (exact) mass is 570 g/mol. The lowest BCUT2D eigenvalue weighted by molar-refractivity contribution is -0.140. The molecule has 0 saturated heterocycles. The number of aromatic nitrogens is 1. The molecule has 0 spiro atoms. The zero-order chi connectivity index (χ0) is 28.7. The maximum atomic E-state index is 13.9. The van der Waals surface area contributed by atoms with E-state index in [-0.39, 0.29) is 5.71 Å². The van der Waals surface area contributed by atoms with E-state index in [9.17, 15) is 19.1 Å². The topological polar surface area (TPSA) is 102 Å². The number of rotatable bonds is 7. The first-order valence-corrected chi connectivity index (χ1v) is 13.4. The normalized spacial score (nSPS) is 14.4. The van der Waals surface area contributed by atoms with E-state index in [1.54, 1.807) is 31.2 Å². The number of furan rings is 1. The van der Waals surface area contributed by atoms with Gasteiger partial charge in [0.1, 0.15) is 11.8 Å². The molecule has 1 fully saturated rings. The van der Waals surface area contributed by atoms with Crippen molar-refractivity contribution in [2.75, 3.05) is 5.32 Å². The van der Waals surface area contributed by atoms with E-state index < -0.39 is 29.5 Å². The molecule has 1 atom stereocenters. The van der Waals surface area contributed by atoms with Gasteiger partial charge in [-0.3, -0.25) is 10.1 Å². The third-order valence-corrected chi connectivity index (χ3v) is 7.80. The molecule has 206 valence electrons. The van der Waals surface area contributed by atoms with Gasteiger partial charge in [0, 0.05) is 16.1 Å². The molecule has 41 heavy (non-hydrogen) atoms. The Bertz CT molecular complexity index is 1780. The van der Waals surface area contributed by atoms with Gasteiger partial charge in [0.2, 0.25) is 11.7 Å². The predicted molar refractivity (Wildman–Crippen MR) is 153 cm³/mol. The van der Waals surface area contributed by atoms with Gasteiger partial charge in [-0.2, -0.15) is 9.37 Å². The van der Waals surface area contributed by atoms with E-state index in [0.717, 1.165) is 16.7 Å². The summed E-state index contributed by atoms with van der Waals surface area (Å²) in [5.41, 5.74) is 3.48. The van der Waals surface area contributed by atoms with Crippen molar-refractivity contribution in [2.24, 2.45) is 0 Å². The average Bonchev–Trinajstić information content (AvgIpc) is 3.71. The van der Waals surface area contributed by atoms with Crippen LogP contribution >= 0.6 is 11.6 Å². The fourth-order valence-corrected chi connectivity index (χ4v) is 5.28. The number of nitrogens with zero attached hydrogens (tertiary/aromatic N) is 1. The van der Waals surface area contributed by atoms with Gasteiger partial charge in [-0.25, -0.2) is 4.79 Å². The fraction of sp³-hybridized carbons (Fsp3) is 0.156. The molecule has 2 aromatic heterocycles. The van der Waals surface area contributed by atoms with Gasteiger partial charge in [0.15, 0.2) is 5.76 Å². The molecule has 1 saturated carbocycles. The van der Waals surface area contributed by atoms with Gasteiger partial charge in [-0.05, 0) is 54.7 Å². The highest BCUT2D eigenvalue weighted by Crippen LogP contribution is 2.48. The summed E-state index contributed by atoms with van der Waals surface area (Å²) in [5, 5.41) is 13.2. The Balaban J connectivity index is 1.27. The number of hydrogen-bond acceptors (Lipinski definition) is 5. The van der Waals surface area contributed by atoms with Crippen LogP contribution in [0.15, 0.2) is 89.3 Å². The molecule has 5 aromatic rings. The molecule has 2 heterocycles. The fourth-order valence-electron chi connectivity index (χ4n) is 4.99. The highest BCUT2D eigenvalue weighted by molar-refractivity contribution is 6.31. The van der Waals surface area contributed by atoms with Crippen molar-refractivity contribution >= 4 is 40.5 Å². The van der Waals surface area contributed by atoms with E-state index in [4.69, 9.17) is 20.8 Å². The molecule has 0 unspecified atom stereocenters. The second-order valence-electron chi connectivity index (χ2n) is 10.0. The first kappa shape index (κ1) is 26.5. The Morgan fingerprint density at radius 3 is 2.24 bits per heavy atom. The van der Waals surface area contributed by atoms with E-state index in [1.807, 2.05) is 48.5 Å². The summed E-state index contributed by atoms with van der Waals surface area (Å²) in [4.78, 5) is 28.4. The van der Waals surface area contributed by atoms with Gasteiger partial charge in [-0.1, -0.05) is 78.3 Å². The molecule has 2 N–H and O–H groups in total. The van der Waals surface area contributed by atoms with Crippen LogP contribution in [0.5, 0.6) is 0 Å². The number of ether oxygens (including phenoxy) is 1. The number of carboxylic acids is 1. The average molecular weight is 571 g/mol. The minimum absolute atomic E-state index is 0.0292. The molecule has 0 bridgehead atoms. The summed E-state index contributed by atoms with van der Waals surface area (Å²) in [6, 6.07) is 24.7. The Kier molecular flexibility index (Phi) is 6.71. The lowest BCUT2D eigenvalue weighted by Gasteiger charge is -2.15. The summed E-state index contributed by atoms with van der Waals surface area (Å²) in [7, 11) is 0. The van der Waals surface area contributed by atoms with Crippen molar-refractivity contribution in [1.82, 2.24) is 4.98 Å². The summed E-state index contributed by atoms with van der Waals surface area (Å²) in [6.07, 6.45) is -0.0701. The number of nitrogens with one attached hydrogen (secondary N) is 1. The van der Waals surface area contributed by atoms with Crippen LogP contribution in [0.25, 0.3) is 33.6 Å². The maximum absolute atomic E-state index is 13.9. The number of halogens is 2. The molecule has 9 heteroatoms. The summed E-state index contributed by atoms with van der Waals surface area (Å²) in [5.74, 6) is -1.21. The number of anilines is 1. The Labute approximate surface area is 239 Å². The largest absolute Gasteiger partial charge is 0.481 e. The van der Waals surface area contributed by atoms with Gasteiger partial charge in [-0.15, -0.1) is 0 Å². The molecule has 0 radical (unpaired) electrons. The minimum atomic E-state index is -0.790. The van der Waals surface area contributed by atoms with Crippen molar-refractivity contribution in [2.45, 2.75) is 31.3 Å². The first-order valence-electron chi connectivity index (χ1n) is 13.0. The Morgan fingerprint density at radius 1 is 0.976 bits per heavy atom. The summed E-state index contributed by atoms with van der Waals surface area (Å²) in [6.45, 7) is 1.71. The second-order valence-corrected chi connectivity index (χ2v) is 10.4. The van der Waals surface area contributed by atoms with E-state index >= 15 is 0 Å². The molecular weight excluding hydrogens is 547 g/mol. The number of hydrogen-bond donors (Lipinski definition) is 2. The number of benzene rings is 3. The van der Waals surface area contributed by atoms with Gasteiger partial charge in [0.25, 0.3) is 0 Å². The minimum Gasteiger partial charge on any atom is -0.481 e. The zero-order valence-corrected chi connectivity index (χ0v) is 22.6. The van der Waals surface area contributed by atoms with Crippen LogP contribution in [0.3, 0.4) is 0 Å². The van der Waals surface area contributed by atoms with Crippen molar-refractivity contribution in [1.29, 1.82) is 0 Å². The molecule has 0 aliphatic heterocycles. The smallest absolute Gasteiger partial charge is 0.412 e. The number of carboxylic acid groups (broad SMARTS) is 1. The highest BCUT2D eigenvalue weighted by Gasteiger charge is 2.51. The zero-order valence-electron chi connectivity index (χ0n) is 21.9. The molecule has 3 aromatic carbocycles. The van der Waals surface area contributed by atoms with Crippen molar-refractivity contribution in [3.8, 4) is 22.5 Å². The Morgan fingerprint density at radius 2 is 1.61 bits per heavy atom. The van der Waals surface area contributed by atoms with Gasteiger partial charge in [0.05, 0.1) is 10.8 Å². The molecule has 1 aliphatic rings. The third kappa shape index (κ3) is 5.02. The van der Waals surface area contributed by atoms with E-state index in [1.165, 1.54) is 12.1 Å². The van der Waals surface area contributed by atoms with E-state index in [2.05, 4.69) is 10.3 Å². The maximum Gasteiger partial charge on any atom is 0.412 e. The van der Waals surface area contributed by atoms with Crippen LogP contribution in [-0.4, -0.2) is 22.2 Å². The summed E-state index contributed by atoms with van der Waals surface area (Å²) < 4.78 is 25.4. The van der Waals surface area contributed by atoms with Crippen molar-refractivity contribution in [3.63, 3.8) is 0 Å². The van der Waals surface area contributed by atoms with Crippen molar-refractivity contribution in [3.05, 3.63) is 107 Å². The number of pyridine rings is 1. The SMILES string of the molecule is C[C@@H](OC(=O)Nc1c(-c2ccc(-c3ccc(C4(C(=O)O)CC4)cc3)cc2)oc2nc(F)ccc12)c1ccccc1Cl. The standard InChI is InChI=1S/C32H24ClFN2O5/c1-18(23-4-2-3-5-25(23)33)40-31(39)36-27-24-14-15-26(34)35-29(24)41-28(27)21-8-6-19(7-9-21)20-10-12-22(13-11-20)32(16-17-32)30(37)38/h2-15,18H,16-17H2,1H3,(H,36,39)(H,37,38)/t18-/m1/s1. The number of carbonyl (C=O) groups excluding carboxylic acids is 1. The first-order chi connectivity index (χ1) is 19.7. The predicted octanol–water partition coefficient (Wildman–Crippen LogP) is 8.38. The number of carbonyl (C=O) groups is 2. The van der Waals surface area contributed by atoms with Crippen LogP contribution in [0, 0.1) is 5.95 Å². The lowest BCUT2D eigenvalue weighted by Crippen LogP contribution is -2.19. The van der Waals surface area contributed by atoms with E-state index in [0.29, 0.717) is 45.8 Å². The third-order valence-electron chi connectivity index (χ3n) is 7.45. The van der Waals surface area contributed by atoms with Crippen LogP contribution < -0.4 is 5.32 Å². The number of fused-ring (bicyclic) bond motifs is 1. The second kappa shape index (κ2) is 10.4. The van der Waals surface area contributed by atoms with Crippen LogP contribution in [0.2, 0.25) is 5.02 Å². The quantitative estimate of drug-likeness (QED) is 0.191. The molecule has 7 nitrogen and oxygen atoms in total. The summed E-state index contributed by atoms with van der Waals surface area (Å²) >= 11 is 6.25. The van der Waals surface area contributed by atoms with Crippen LogP contribution in [0.1, 0.15) is 37.0 Å². The van der Waals surface area contributed by atoms with Crippen LogP contribution in [-0.2, 0) is 14.9 Å². The Hall–Kier alpha value is -4.69. The van der Waals surface area contributed by atoms with Gasteiger partial charge >= 0.3 is 12.1 Å². The number of aliphatic carboxylic acids is 1. The van der Waals surface area contributed by atoms with Crippen molar-refractivity contribution < 1.29 is 28.2 Å². The van der Waals surface area contributed by atoms with Gasteiger partial charge < -0.3 is 14.3 Å². The molecule has 1 aliphatic carbocycles. The lowest BCUT2D eigenvalue weighted by atomic mass is 9.93. The molecule has 1 amide bonds. The highest BCUT2D eigenvalue weighted by atomic mass is 35.5.